The first-order valence-corrected chi connectivity index (χ1v) is 5.01. The fourth-order valence-electron chi connectivity index (χ4n) is 0.806. The molecule has 4 heteroatoms. The Morgan fingerprint density at radius 2 is 1.50 bits per heavy atom. The molecular formula is C10H9FeO2P. The molecule has 0 atom stereocenters. The summed E-state index contributed by atoms with van der Waals surface area (Å²) in [6.45, 7) is 0. The summed E-state index contributed by atoms with van der Waals surface area (Å²) in [6.07, 6.45) is 6.51. The van der Waals surface area contributed by atoms with Crippen molar-refractivity contribution in [1.29, 1.82) is 0 Å². The second kappa shape index (κ2) is 7.81. The Hall–Kier alpha value is -0.561. The smallest absolute Gasteiger partial charge is 0.633 e. The van der Waals surface area contributed by atoms with Gasteiger partial charge in [0.1, 0.15) is 5.29 Å². The maximum Gasteiger partial charge on any atom is 2.00 e. The standard InChI is InChI=1S/C5H5O2P.C5H5.Fe/c6-8(7)5-3-1-2-4-5;1-2-4-5-3-1;/h1-4H,(H,6,7);1-5H;/q;-1;+2/p-1. The molecule has 0 radical (unpaired) electrons. The van der Waals surface area contributed by atoms with Gasteiger partial charge in [0.15, 0.2) is 0 Å². The van der Waals surface area contributed by atoms with Gasteiger partial charge in [0.25, 0.3) is 0 Å². The first-order chi connectivity index (χ1) is 6.30. The van der Waals surface area contributed by atoms with E-state index in [1.807, 2.05) is 30.3 Å². The van der Waals surface area contributed by atoms with E-state index in [9.17, 15) is 9.79 Å². The quantitative estimate of drug-likeness (QED) is 0.386. The molecule has 2 nitrogen and oxygen atoms in total. The van der Waals surface area contributed by atoms with Crippen LogP contribution in [-0.4, -0.2) is 5.29 Å². The molecule has 0 spiro atoms. The molecule has 0 heterocycles. The van der Waals surface area contributed by atoms with Gasteiger partial charge in [-0.05, 0) is 12.2 Å². The van der Waals surface area contributed by atoms with Crippen LogP contribution in [0.25, 0.3) is 0 Å². The van der Waals surface area contributed by atoms with E-state index in [2.05, 4.69) is 0 Å². The van der Waals surface area contributed by atoms with Gasteiger partial charge in [0.05, 0.1) is 0 Å². The monoisotopic (exact) mass is 248 g/mol. The summed E-state index contributed by atoms with van der Waals surface area (Å²) in [5, 5.41) is 0.389. The molecule has 74 valence electrons. The van der Waals surface area contributed by atoms with Crippen LogP contribution in [0.4, 0.5) is 0 Å². The first-order valence-electron chi connectivity index (χ1n) is 3.83. The van der Waals surface area contributed by atoms with Crippen LogP contribution in [0.3, 0.4) is 0 Å². The molecule has 0 aromatic heterocycles. The Balaban J connectivity index is 0.000000246. The molecule has 0 aliphatic heterocycles. The number of rotatable bonds is 0. The van der Waals surface area contributed by atoms with Crippen molar-refractivity contribution in [3.8, 4) is 0 Å². The molecule has 1 aliphatic carbocycles. The summed E-state index contributed by atoms with van der Waals surface area (Å²) in [6, 6.07) is 10.0. The van der Waals surface area contributed by atoms with E-state index in [4.69, 9.17) is 0 Å². The molecule has 0 unspecified atom stereocenters. The van der Waals surface area contributed by atoms with Crippen molar-refractivity contribution in [1.82, 2.24) is 0 Å². The molecule has 0 saturated heterocycles. The minimum atomic E-state index is -2.36. The van der Waals surface area contributed by atoms with E-state index in [0.29, 0.717) is 5.29 Å². The SMILES string of the molecule is [Fe+2].[O-][P+]([O-])=C1C=CC=C1.c1cc[cH-]c1. The third-order valence-corrected chi connectivity index (χ3v) is 2.13. The van der Waals surface area contributed by atoms with Crippen molar-refractivity contribution in [3.63, 3.8) is 0 Å². The average Bonchev–Trinajstić information content (AvgIpc) is 2.82. The molecule has 0 amide bonds. The molecule has 1 aromatic rings. The van der Waals surface area contributed by atoms with Crippen molar-refractivity contribution >= 4 is 13.3 Å². The van der Waals surface area contributed by atoms with Crippen LogP contribution >= 0.6 is 8.00 Å². The minimum absolute atomic E-state index is 0. The maximum absolute atomic E-state index is 10.1. The van der Waals surface area contributed by atoms with E-state index in [1.54, 1.807) is 24.3 Å². The van der Waals surface area contributed by atoms with Gasteiger partial charge in [-0.3, -0.25) is 0 Å². The molecule has 0 N–H and O–H groups in total. The van der Waals surface area contributed by atoms with Gasteiger partial charge in [-0.25, -0.2) is 12.1 Å². The van der Waals surface area contributed by atoms with Gasteiger partial charge in [-0.2, -0.15) is 18.2 Å². The Kier molecular flexibility index (Phi) is 7.49. The summed E-state index contributed by atoms with van der Waals surface area (Å²) < 4.78 is 0. The van der Waals surface area contributed by atoms with Crippen LogP contribution in [-0.2, 0) is 17.1 Å². The van der Waals surface area contributed by atoms with E-state index >= 15 is 0 Å². The summed E-state index contributed by atoms with van der Waals surface area (Å²) in [4.78, 5) is 20.2. The number of hydrogen-bond acceptors (Lipinski definition) is 2. The van der Waals surface area contributed by atoms with Crippen LogP contribution in [0.2, 0.25) is 0 Å². The van der Waals surface area contributed by atoms with Crippen LogP contribution in [0, 0.1) is 0 Å². The largest absolute Gasteiger partial charge is 2.00 e. The first kappa shape index (κ1) is 13.4. The van der Waals surface area contributed by atoms with Gasteiger partial charge in [-0.1, -0.05) is 12.2 Å². The summed E-state index contributed by atoms with van der Waals surface area (Å²) in [5.74, 6) is 0. The van der Waals surface area contributed by atoms with Gasteiger partial charge in [-0.15, -0.1) is 0 Å². The molecular weight excluding hydrogens is 239 g/mol. The topological polar surface area (TPSA) is 46.1 Å². The Bertz CT molecular complexity index is 291. The molecule has 2 rings (SSSR count). The average molecular weight is 248 g/mol. The fraction of sp³-hybridized carbons (Fsp3) is 0. The Labute approximate surface area is 95.0 Å². The Morgan fingerprint density at radius 1 is 1.00 bits per heavy atom. The summed E-state index contributed by atoms with van der Waals surface area (Å²) >= 11 is 0. The minimum Gasteiger partial charge on any atom is -0.633 e. The molecule has 14 heavy (non-hydrogen) atoms. The third kappa shape index (κ3) is 5.23. The van der Waals surface area contributed by atoms with Crippen LogP contribution in [0.1, 0.15) is 0 Å². The molecule has 1 aliphatic rings. The van der Waals surface area contributed by atoms with E-state index in [-0.39, 0.29) is 17.1 Å². The Morgan fingerprint density at radius 3 is 1.71 bits per heavy atom. The van der Waals surface area contributed by atoms with E-state index < -0.39 is 8.00 Å². The summed E-state index contributed by atoms with van der Waals surface area (Å²) in [5.41, 5.74) is 0. The zero-order chi connectivity index (χ0) is 9.52. The molecule has 1 aromatic carbocycles. The third-order valence-electron chi connectivity index (χ3n) is 1.41. The van der Waals surface area contributed by atoms with Gasteiger partial charge >= 0.3 is 17.1 Å². The zero-order valence-corrected chi connectivity index (χ0v) is 9.31. The normalized spacial score (nSPS) is 11.7. The summed E-state index contributed by atoms with van der Waals surface area (Å²) in [7, 11) is -2.36. The van der Waals surface area contributed by atoms with Crippen molar-refractivity contribution < 1.29 is 26.9 Å². The number of allylic oxidation sites excluding steroid dienone is 4. The fourth-order valence-corrected chi connectivity index (χ4v) is 1.22. The predicted molar refractivity (Wildman–Crippen MR) is 52.2 cm³/mol. The van der Waals surface area contributed by atoms with Gasteiger partial charge in [0, 0.05) is 8.00 Å². The van der Waals surface area contributed by atoms with Gasteiger partial charge < -0.3 is 9.79 Å². The zero-order valence-electron chi connectivity index (χ0n) is 7.31. The van der Waals surface area contributed by atoms with Crippen LogP contribution in [0.5, 0.6) is 0 Å². The van der Waals surface area contributed by atoms with Gasteiger partial charge in [0.2, 0.25) is 0 Å². The predicted octanol–water partition coefficient (Wildman–Crippen LogP) is 0.720. The van der Waals surface area contributed by atoms with Crippen molar-refractivity contribution in [2.45, 2.75) is 0 Å². The second-order valence-corrected chi connectivity index (χ2v) is 3.39. The molecule has 0 saturated carbocycles. The van der Waals surface area contributed by atoms with Crippen molar-refractivity contribution in [3.05, 3.63) is 54.6 Å². The molecule has 0 fully saturated rings. The maximum atomic E-state index is 10.1. The van der Waals surface area contributed by atoms with Crippen LogP contribution in [0.15, 0.2) is 54.6 Å². The van der Waals surface area contributed by atoms with Crippen LogP contribution < -0.4 is 9.79 Å². The van der Waals surface area contributed by atoms with E-state index in [0.717, 1.165) is 0 Å². The van der Waals surface area contributed by atoms with Crippen molar-refractivity contribution in [2.75, 3.05) is 0 Å². The van der Waals surface area contributed by atoms with Crippen molar-refractivity contribution in [2.24, 2.45) is 0 Å². The molecule has 0 bridgehead atoms. The van der Waals surface area contributed by atoms with E-state index in [1.165, 1.54) is 0 Å². The number of hydrogen-bond donors (Lipinski definition) is 0. The second-order valence-electron chi connectivity index (χ2n) is 2.36.